The number of carbonyl (C=O) groups is 1. The molecule has 20 heavy (non-hydrogen) atoms. The first kappa shape index (κ1) is 13.6. The largest absolute Gasteiger partial charge is 0.465 e. The highest BCUT2D eigenvalue weighted by Crippen LogP contribution is 2.22. The van der Waals surface area contributed by atoms with E-state index in [1.165, 1.54) is 0 Å². The highest BCUT2D eigenvalue weighted by Gasteiger charge is 2.34. The Morgan fingerprint density at radius 1 is 1.35 bits per heavy atom. The summed E-state index contributed by atoms with van der Waals surface area (Å²) in [5.74, 6) is 2.19. The van der Waals surface area contributed by atoms with Gasteiger partial charge in [0.25, 0.3) is 0 Å². The molecule has 0 bridgehead atoms. The highest BCUT2D eigenvalue weighted by atomic mass is 16.3. The lowest BCUT2D eigenvalue weighted by Crippen LogP contribution is -2.52. The summed E-state index contributed by atoms with van der Waals surface area (Å²) in [5.41, 5.74) is 0. The Bertz CT molecular complexity index is 465. The van der Waals surface area contributed by atoms with Gasteiger partial charge in [0.2, 0.25) is 5.91 Å². The van der Waals surface area contributed by atoms with Crippen molar-refractivity contribution in [2.24, 2.45) is 0 Å². The maximum atomic E-state index is 12.6. The molecule has 1 aromatic rings. The molecule has 1 amide bonds. The highest BCUT2D eigenvalue weighted by molar-refractivity contribution is 5.82. The second-order valence-corrected chi connectivity index (χ2v) is 5.72. The van der Waals surface area contributed by atoms with Crippen LogP contribution in [0.1, 0.15) is 24.4 Å². The van der Waals surface area contributed by atoms with Crippen LogP contribution in [0.2, 0.25) is 0 Å². The minimum Gasteiger partial charge on any atom is -0.465 e. The fourth-order valence-corrected chi connectivity index (χ4v) is 3.16. The lowest BCUT2D eigenvalue weighted by atomic mass is 10.1. The molecule has 2 fully saturated rings. The third kappa shape index (κ3) is 2.88. The van der Waals surface area contributed by atoms with Crippen LogP contribution in [0.25, 0.3) is 0 Å². The number of nitrogens with one attached hydrogen (secondary N) is 1. The topological polar surface area (TPSA) is 48.7 Å². The Morgan fingerprint density at radius 3 is 2.85 bits per heavy atom. The Morgan fingerprint density at radius 2 is 2.15 bits per heavy atom. The summed E-state index contributed by atoms with van der Waals surface area (Å²) in [6, 6.07) is 4.04. The van der Waals surface area contributed by atoms with Crippen molar-refractivity contribution in [3.63, 3.8) is 0 Å². The van der Waals surface area contributed by atoms with Gasteiger partial charge in [0, 0.05) is 26.2 Å². The molecule has 2 aliphatic heterocycles. The maximum Gasteiger partial charge on any atom is 0.240 e. The summed E-state index contributed by atoms with van der Waals surface area (Å²) in [7, 11) is 0. The van der Waals surface area contributed by atoms with E-state index in [1.54, 1.807) is 0 Å². The molecule has 3 rings (SSSR count). The number of hydrogen-bond acceptors (Lipinski definition) is 4. The molecule has 1 aromatic heterocycles. The Kier molecular flexibility index (Phi) is 4.08. The van der Waals surface area contributed by atoms with Crippen LogP contribution in [-0.4, -0.2) is 54.5 Å². The molecule has 1 atom stereocenters. The quantitative estimate of drug-likeness (QED) is 0.895. The third-order valence-corrected chi connectivity index (χ3v) is 4.23. The molecule has 3 heterocycles. The van der Waals surface area contributed by atoms with Gasteiger partial charge in [-0.05, 0) is 38.4 Å². The number of hydrogen-bond donors (Lipinski definition) is 1. The van der Waals surface area contributed by atoms with Crippen LogP contribution in [0.5, 0.6) is 0 Å². The molecule has 0 radical (unpaired) electrons. The Labute approximate surface area is 119 Å². The number of aryl methyl sites for hydroxylation is 1. The summed E-state index contributed by atoms with van der Waals surface area (Å²) >= 11 is 0. The van der Waals surface area contributed by atoms with E-state index in [0.29, 0.717) is 5.91 Å². The monoisotopic (exact) mass is 277 g/mol. The van der Waals surface area contributed by atoms with E-state index in [2.05, 4.69) is 10.2 Å². The molecular weight excluding hydrogens is 254 g/mol. The summed E-state index contributed by atoms with van der Waals surface area (Å²) in [4.78, 5) is 16.9. The number of piperazine rings is 1. The molecule has 0 aliphatic carbocycles. The Hall–Kier alpha value is -1.33. The van der Waals surface area contributed by atoms with Crippen molar-refractivity contribution in [3.8, 4) is 0 Å². The van der Waals surface area contributed by atoms with Crippen molar-refractivity contribution >= 4 is 5.91 Å². The van der Waals surface area contributed by atoms with Crippen LogP contribution < -0.4 is 5.32 Å². The van der Waals surface area contributed by atoms with Gasteiger partial charge in [-0.1, -0.05) is 0 Å². The van der Waals surface area contributed by atoms with Crippen molar-refractivity contribution in [1.29, 1.82) is 0 Å². The number of carbonyl (C=O) groups excluding carboxylic acids is 1. The molecule has 110 valence electrons. The molecule has 0 aromatic carbocycles. The van der Waals surface area contributed by atoms with Crippen molar-refractivity contribution in [1.82, 2.24) is 15.1 Å². The summed E-state index contributed by atoms with van der Waals surface area (Å²) < 4.78 is 5.64. The van der Waals surface area contributed by atoms with E-state index in [4.69, 9.17) is 4.42 Å². The second-order valence-electron chi connectivity index (χ2n) is 5.72. The molecule has 0 saturated carbocycles. The van der Waals surface area contributed by atoms with Gasteiger partial charge >= 0.3 is 0 Å². The fourth-order valence-electron chi connectivity index (χ4n) is 3.16. The van der Waals surface area contributed by atoms with Crippen LogP contribution >= 0.6 is 0 Å². The van der Waals surface area contributed by atoms with Crippen LogP contribution in [0.15, 0.2) is 16.5 Å². The normalized spacial score (nSPS) is 24.2. The zero-order valence-corrected chi connectivity index (χ0v) is 12.1. The molecule has 5 nitrogen and oxygen atoms in total. The van der Waals surface area contributed by atoms with E-state index in [0.717, 1.165) is 63.6 Å². The van der Waals surface area contributed by atoms with Gasteiger partial charge < -0.3 is 14.6 Å². The van der Waals surface area contributed by atoms with Gasteiger partial charge in [0.15, 0.2) is 0 Å². The average Bonchev–Trinajstić information content (AvgIpc) is 3.09. The van der Waals surface area contributed by atoms with Crippen LogP contribution in [0.3, 0.4) is 0 Å². The van der Waals surface area contributed by atoms with E-state index in [1.807, 2.05) is 24.0 Å². The van der Waals surface area contributed by atoms with Gasteiger partial charge in [-0.15, -0.1) is 0 Å². The van der Waals surface area contributed by atoms with Crippen molar-refractivity contribution in [2.45, 2.75) is 32.4 Å². The van der Waals surface area contributed by atoms with Crippen LogP contribution in [0, 0.1) is 6.92 Å². The predicted molar refractivity (Wildman–Crippen MR) is 76.3 cm³/mol. The summed E-state index contributed by atoms with van der Waals surface area (Å²) in [5, 5.41) is 3.29. The summed E-state index contributed by atoms with van der Waals surface area (Å²) in [6.07, 6.45) is 2.07. The first-order chi connectivity index (χ1) is 9.74. The predicted octanol–water partition coefficient (Wildman–Crippen LogP) is 0.984. The fraction of sp³-hybridized carbons (Fsp3) is 0.667. The number of likely N-dealkylation sites (tertiary alicyclic amines) is 1. The number of furan rings is 1. The van der Waals surface area contributed by atoms with E-state index in [9.17, 15) is 4.79 Å². The molecule has 2 saturated heterocycles. The minimum atomic E-state index is 0.0403. The standard InChI is InChI=1S/C15H23N3O2/c1-12-4-5-13(20-12)11-18-8-2-3-14(18)15(19)17-9-6-16-7-10-17/h4-5,14,16H,2-3,6-11H2,1H3. The van der Waals surface area contributed by atoms with Crippen LogP contribution in [-0.2, 0) is 11.3 Å². The van der Waals surface area contributed by atoms with Gasteiger partial charge in [-0.3, -0.25) is 9.69 Å². The second kappa shape index (κ2) is 5.97. The molecular formula is C15H23N3O2. The zero-order chi connectivity index (χ0) is 13.9. The van der Waals surface area contributed by atoms with E-state index < -0.39 is 0 Å². The Balaban J connectivity index is 1.63. The average molecular weight is 277 g/mol. The summed E-state index contributed by atoms with van der Waals surface area (Å²) in [6.45, 7) is 7.19. The number of amides is 1. The van der Waals surface area contributed by atoms with Gasteiger partial charge in [-0.2, -0.15) is 0 Å². The lowest BCUT2D eigenvalue weighted by Gasteiger charge is -2.32. The van der Waals surface area contributed by atoms with Gasteiger partial charge in [0.05, 0.1) is 12.6 Å². The SMILES string of the molecule is Cc1ccc(CN2CCCC2C(=O)N2CCNCC2)o1. The number of nitrogens with zero attached hydrogens (tertiary/aromatic N) is 2. The van der Waals surface area contributed by atoms with Gasteiger partial charge in [0.1, 0.15) is 11.5 Å². The van der Waals surface area contributed by atoms with Gasteiger partial charge in [-0.25, -0.2) is 0 Å². The molecule has 1 unspecified atom stereocenters. The molecule has 2 aliphatic rings. The molecule has 0 spiro atoms. The van der Waals surface area contributed by atoms with E-state index in [-0.39, 0.29) is 6.04 Å². The lowest BCUT2D eigenvalue weighted by molar-refractivity contribution is -0.136. The van der Waals surface area contributed by atoms with Crippen molar-refractivity contribution in [2.75, 3.05) is 32.7 Å². The van der Waals surface area contributed by atoms with E-state index >= 15 is 0 Å². The number of rotatable bonds is 3. The molecule has 1 N–H and O–H groups in total. The smallest absolute Gasteiger partial charge is 0.240 e. The first-order valence-electron chi connectivity index (χ1n) is 7.53. The first-order valence-corrected chi connectivity index (χ1v) is 7.53. The van der Waals surface area contributed by atoms with Crippen molar-refractivity contribution in [3.05, 3.63) is 23.7 Å². The van der Waals surface area contributed by atoms with Crippen LogP contribution in [0.4, 0.5) is 0 Å². The minimum absolute atomic E-state index is 0.0403. The maximum absolute atomic E-state index is 12.6. The zero-order valence-electron chi connectivity index (χ0n) is 12.1. The van der Waals surface area contributed by atoms with Crippen molar-refractivity contribution < 1.29 is 9.21 Å². The third-order valence-electron chi connectivity index (χ3n) is 4.23. The molecule has 5 heteroatoms.